The number of carbonyl (C=O) groups is 2. The van der Waals surface area contributed by atoms with Crippen molar-refractivity contribution in [2.45, 2.75) is 86.1 Å². The van der Waals surface area contributed by atoms with Crippen LogP contribution in [0.5, 0.6) is 5.75 Å². The van der Waals surface area contributed by atoms with Crippen molar-refractivity contribution in [2.24, 2.45) is 0 Å². The smallest absolute Gasteiger partial charge is 0.337 e. The number of hydrogen-bond acceptors (Lipinski definition) is 4. The Labute approximate surface area is 245 Å². The minimum absolute atomic E-state index is 0.233. The summed E-state index contributed by atoms with van der Waals surface area (Å²) in [6.45, 7) is 13.5. The van der Waals surface area contributed by atoms with Crippen LogP contribution in [0.2, 0.25) is 0 Å². The van der Waals surface area contributed by atoms with Crippen LogP contribution in [0.15, 0.2) is 24.3 Å². The van der Waals surface area contributed by atoms with E-state index in [0.29, 0.717) is 35.3 Å². The highest BCUT2D eigenvalue weighted by molar-refractivity contribution is 5.96. The van der Waals surface area contributed by atoms with Crippen LogP contribution in [-0.2, 0) is 29.0 Å². The number of fused-ring (bicyclic) bond motifs is 2. The van der Waals surface area contributed by atoms with Gasteiger partial charge in [0, 0.05) is 29.8 Å². The minimum atomic E-state index is -1.34. The van der Waals surface area contributed by atoms with Crippen LogP contribution in [0, 0.1) is 39.3 Å². The molecule has 42 heavy (non-hydrogen) atoms. The molecule has 0 bridgehead atoms. The van der Waals surface area contributed by atoms with Gasteiger partial charge in [-0.05, 0) is 124 Å². The van der Waals surface area contributed by atoms with Gasteiger partial charge in [-0.2, -0.15) is 0 Å². The van der Waals surface area contributed by atoms with Crippen molar-refractivity contribution in [3.63, 3.8) is 0 Å². The van der Waals surface area contributed by atoms with Gasteiger partial charge in [0.2, 0.25) is 0 Å². The van der Waals surface area contributed by atoms with Crippen LogP contribution in [0.3, 0.4) is 0 Å². The highest BCUT2D eigenvalue weighted by Crippen LogP contribution is 2.47. The Morgan fingerprint density at radius 2 is 1.62 bits per heavy atom. The van der Waals surface area contributed by atoms with Crippen LogP contribution in [0.25, 0.3) is 11.1 Å². The van der Waals surface area contributed by atoms with Gasteiger partial charge in [-0.15, -0.1) is 0 Å². The number of carboxylic acid groups (broad SMARTS) is 1. The minimum Gasteiger partial charge on any atom is -0.490 e. The summed E-state index contributed by atoms with van der Waals surface area (Å²) in [6, 6.07) is 5.88. The lowest BCUT2D eigenvalue weighted by molar-refractivity contribution is -0.160. The van der Waals surface area contributed by atoms with Crippen molar-refractivity contribution >= 4 is 11.9 Å². The Morgan fingerprint density at radius 1 is 0.952 bits per heavy atom. The number of rotatable bonds is 5. The van der Waals surface area contributed by atoms with E-state index in [2.05, 4.69) is 0 Å². The molecule has 0 saturated heterocycles. The molecule has 0 saturated carbocycles. The van der Waals surface area contributed by atoms with Crippen LogP contribution >= 0.6 is 0 Å². The number of carboxylic acids is 1. The molecule has 2 aliphatic heterocycles. The lowest BCUT2D eigenvalue weighted by atomic mass is 9.81. The molecule has 2 heterocycles. The number of amides is 1. The van der Waals surface area contributed by atoms with Crippen molar-refractivity contribution in [1.82, 2.24) is 4.90 Å². The van der Waals surface area contributed by atoms with Crippen molar-refractivity contribution < 1.29 is 33.0 Å². The van der Waals surface area contributed by atoms with E-state index < -0.39 is 29.3 Å². The van der Waals surface area contributed by atoms with Crippen molar-refractivity contribution in [2.75, 3.05) is 6.61 Å². The van der Waals surface area contributed by atoms with Gasteiger partial charge in [-0.3, -0.25) is 4.79 Å². The lowest BCUT2D eigenvalue weighted by Gasteiger charge is -2.31. The first-order valence-corrected chi connectivity index (χ1v) is 14.3. The Kier molecular flexibility index (Phi) is 7.64. The number of nitrogens with zero attached hydrogens (tertiary/aromatic N) is 1. The molecule has 2 aliphatic rings. The van der Waals surface area contributed by atoms with Crippen molar-refractivity contribution in [3.8, 4) is 16.9 Å². The molecule has 8 heteroatoms. The standard InChI is InChI=1S/C34H37F2NO5/c1-17-21-11-9-13-41-30(21)27(36)14-23(17)28-19(3)24-15-37(32(38)22-10-8-12-26(35)18(22)2)16-25(24)20(4)29(28)31(33(39)40)42-34(5,6)7/h8,10,12,14,31H,9,11,13,15-16H2,1-7H3,(H,39,40)/t31-/m0/s1. The molecule has 1 atom stereocenters. The summed E-state index contributed by atoms with van der Waals surface area (Å²) in [4.78, 5) is 28.1. The van der Waals surface area contributed by atoms with Gasteiger partial charge in [0.15, 0.2) is 17.7 Å². The molecular formula is C34H37F2NO5. The average molecular weight is 578 g/mol. The van der Waals surface area contributed by atoms with E-state index in [1.54, 1.807) is 38.7 Å². The predicted molar refractivity (Wildman–Crippen MR) is 156 cm³/mol. The molecule has 0 spiro atoms. The first-order valence-electron chi connectivity index (χ1n) is 14.3. The van der Waals surface area contributed by atoms with E-state index in [4.69, 9.17) is 9.47 Å². The van der Waals surface area contributed by atoms with Gasteiger partial charge in [0.1, 0.15) is 5.82 Å². The number of halogens is 2. The quantitative estimate of drug-likeness (QED) is 0.345. The number of ether oxygens (including phenoxy) is 2. The number of hydrogen-bond donors (Lipinski definition) is 1. The molecule has 0 aliphatic carbocycles. The summed E-state index contributed by atoms with van der Waals surface area (Å²) in [7, 11) is 0. The topological polar surface area (TPSA) is 76.1 Å². The average Bonchev–Trinajstić information content (AvgIpc) is 3.39. The molecular weight excluding hydrogens is 540 g/mol. The summed E-state index contributed by atoms with van der Waals surface area (Å²) in [6.07, 6.45) is 0.0714. The highest BCUT2D eigenvalue weighted by Gasteiger charge is 2.37. The van der Waals surface area contributed by atoms with Crippen LogP contribution in [-0.4, -0.2) is 34.1 Å². The third-order valence-electron chi connectivity index (χ3n) is 8.46. The summed E-state index contributed by atoms with van der Waals surface area (Å²) in [5, 5.41) is 10.5. The van der Waals surface area contributed by atoms with Gasteiger partial charge < -0.3 is 19.5 Å². The SMILES string of the molecule is Cc1c(F)cccc1C(=O)N1Cc2c(C)c(-c3cc(F)c4c(c3C)CCCO4)c([C@H](OC(C)(C)C)C(=O)O)c(C)c2C1. The van der Waals surface area contributed by atoms with Crippen molar-refractivity contribution in [3.05, 3.63) is 86.0 Å². The third kappa shape index (κ3) is 5.06. The maximum atomic E-state index is 15.5. The molecule has 0 fully saturated rings. The zero-order valence-corrected chi connectivity index (χ0v) is 25.2. The summed E-state index contributed by atoms with van der Waals surface area (Å²) in [5.41, 5.74) is 6.17. The second-order valence-corrected chi connectivity index (χ2v) is 12.3. The number of benzene rings is 3. The first kappa shape index (κ1) is 29.7. The van der Waals surface area contributed by atoms with E-state index in [-0.39, 0.29) is 35.9 Å². The normalized spacial score (nSPS) is 15.2. The summed E-state index contributed by atoms with van der Waals surface area (Å²) < 4.78 is 41.7. The van der Waals surface area contributed by atoms with E-state index in [1.165, 1.54) is 18.2 Å². The zero-order chi connectivity index (χ0) is 30.7. The van der Waals surface area contributed by atoms with Crippen LogP contribution in [0.1, 0.15) is 88.2 Å². The second kappa shape index (κ2) is 10.8. The molecule has 6 nitrogen and oxygen atoms in total. The largest absolute Gasteiger partial charge is 0.490 e. The third-order valence-corrected chi connectivity index (χ3v) is 8.46. The molecule has 1 amide bonds. The van der Waals surface area contributed by atoms with E-state index in [9.17, 15) is 19.1 Å². The summed E-state index contributed by atoms with van der Waals surface area (Å²) in [5.74, 6) is -2.15. The molecule has 3 aromatic carbocycles. The van der Waals surface area contributed by atoms with Gasteiger partial charge in [0.05, 0.1) is 12.2 Å². The second-order valence-electron chi connectivity index (χ2n) is 12.3. The number of aliphatic carboxylic acids is 1. The van der Waals surface area contributed by atoms with E-state index >= 15 is 4.39 Å². The fourth-order valence-corrected chi connectivity index (χ4v) is 6.35. The Balaban J connectivity index is 1.74. The molecule has 0 radical (unpaired) electrons. The Morgan fingerprint density at radius 3 is 2.26 bits per heavy atom. The lowest BCUT2D eigenvalue weighted by Crippen LogP contribution is -2.29. The van der Waals surface area contributed by atoms with Crippen LogP contribution < -0.4 is 4.74 Å². The molecule has 5 rings (SSSR count). The fraction of sp³-hybridized carbons (Fsp3) is 0.412. The zero-order valence-electron chi connectivity index (χ0n) is 25.2. The Bertz CT molecular complexity index is 1620. The van der Waals surface area contributed by atoms with Crippen molar-refractivity contribution in [1.29, 1.82) is 0 Å². The molecule has 222 valence electrons. The van der Waals surface area contributed by atoms with Crippen LogP contribution in [0.4, 0.5) is 8.78 Å². The summed E-state index contributed by atoms with van der Waals surface area (Å²) >= 11 is 0. The fourth-order valence-electron chi connectivity index (χ4n) is 6.35. The molecule has 3 aromatic rings. The number of carbonyl (C=O) groups excluding carboxylic acids is 1. The highest BCUT2D eigenvalue weighted by atomic mass is 19.1. The molecule has 1 N–H and O–H groups in total. The molecule has 0 unspecified atom stereocenters. The van der Waals surface area contributed by atoms with E-state index in [0.717, 1.165) is 34.2 Å². The first-order chi connectivity index (χ1) is 19.7. The van der Waals surface area contributed by atoms with Gasteiger partial charge in [-0.1, -0.05) is 6.07 Å². The maximum Gasteiger partial charge on any atom is 0.337 e. The van der Waals surface area contributed by atoms with E-state index in [1.807, 2.05) is 20.8 Å². The van der Waals surface area contributed by atoms with Gasteiger partial charge in [-0.25, -0.2) is 13.6 Å². The molecule has 0 aromatic heterocycles. The monoisotopic (exact) mass is 577 g/mol. The maximum absolute atomic E-state index is 15.5. The predicted octanol–water partition coefficient (Wildman–Crippen LogP) is 7.29. The van der Waals surface area contributed by atoms with Gasteiger partial charge in [0.25, 0.3) is 5.91 Å². The Hall–Kier alpha value is -3.78. The van der Waals surface area contributed by atoms with Gasteiger partial charge >= 0.3 is 5.97 Å².